The summed E-state index contributed by atoms with van der Waals surface area (Å²) in [6, 6.07) is 10.2. The number of carbonyl (C=O) groups is 3. The predicted molar refractivity (Wildman–Crippen MR) is 134 cm³/mol. The zero-order chi connectivity index (χ0) is 28.0. The van der Waals surface area contributed by atoms with Crippen LogP contribution in [0.3, 0.4) is 0 Å². The number of aromatic nitrogens is 2. The topological polar surface area (TPSA) is 107 Å². The third-order valence-electron chi connectivity index (χ3n) is 4.97. The van der Waals surface area contributed by atoms with E-state index in [1.807, 2.05) is 12.1 Å². The Morgan fingerprint density at radius 2 is 1.87 bits per heavy atom. The van der Waals surface area contributed by atoms with Gasteiger partial charge >= 0.3 is 18.1 Å². The molecule has 2 heterocycles. The minimum Gasteiger partial charge on any atom is -0.384 e. The van der Waals surface area contributed by atoms with E-state index in [-0.39, 0.29) is 18.7 Å². The summed E-state index contributed by atoms with van der Waals surface area (Å²) < 4.78 is 46.8. The second kappa shape index (κ2) is 12.5. The molecular formula is C25H23ClF3N3O5S. The fourth-order valence-corrected chi connectivity index (χ4v) is 4.54. The van der Waals surface area contributed by atoms with E-state index in [2.05, 4.69) is 20.0 Å². The van der Waals surface area contributed by atoms with Gasteiger partial charge in [-0.25, -0.2) is 14.6 Å². The lowest BCUT2D eigenvalue weighted by Crippen LogP contribution is -2.36. The molecule has 3 rings (SSSR count). The van der Waals surface area contributed by atoms with E-state index < -0.39 is 36.2 Å². The predicted octanol–water partition coefficient (Wildman–Crippen LogP) is 5.07. The van der Waals surface area contributed by atoms with Crippen LogP contribution in [0.25, 0.3) is 10.6 Å². The molecule has 0 fully saturated rings. The number of nitrogens with zero attached hydrogens (tertiary/aromatic N) is 2. The number of hydrogen-bond donors (Lipinski definition) is 1. The number of pyridine rings is 1. The zero-order valence-electron chi connectivity index (χ0n) is 20.5. The maximum Gasteiger partial charge on any atom is 0.491 e. The first-order valence-electron chi connectivity index (χ1n) is 11.3. The van der Waals surface area contributed by atoms with Crippen molar-refractivity contribution in [2.45, 2.75) is 52.1 Å². The van der Waals surface area contributed by atoms with Crippen LogP contribution in [0.5, 0.6) is 0 Å². The Morgan fingerprint density at radius 1 is 1.16 bits per heavy atom. The summed E-state index contributed by atoms with van der Waals surface area (Å²) in [5, 5.41) is 3.85. The number of esters is 2. The largest absolute Gasteiger partial charge is 0.491 e. The van der Waals surface area contributed by atoms with E-state index in [0.717, 1.165) is 0 Å². The van der Waals surface area contributed by atoms with Gasteiger partial charge in [-0.15, -0.1) is 11.3 Å². The van der Waals surface area contributed by atoms with Gasteiger partial charge < -0.3 is 14.8 Å². The highest BCUT2D eigenvalue weighted by Gasteiger charge is 2.43. The van der Waals surface area contributed by atoms with Gasteiger partial charge in [-0.05, 0) is 44.5 Å². The highest BCUT2D eigenvalue weighted by Crippen LogP contribution is 2.32. The molecular weight excluding hydrogens is 547 g/mol. The summed E-state index contributed by atoms with van der Waals surface area (Å²) in [6.07, 6.45) is -6.08. The van der Waals surface area contributed by atoms with Crippen molar-refractivity contribution in [2.24, 2.45) is 0 Å². The Balaban J connectivity index is 1.68. The van der Waals surface area contributed by atoms with Gasteiger partial charge in [0, 0.05) is 23.1 Å². The lowest BCUT2D eigenvalue weighted by molar-refractivity contribution is -0.205. The Hall–Kier alpha value is -3.35. The number of thiazole rings is 1. The van der Waals surface area contributed by atoms with Gasteiger partial charge in [0.05, 0.1) is 23.4 Å². The Kier molecular flexibility index (Phi) is 9.58. The van der Waals surface area contributed by atoms with E-state index >= 15 is 0 Å². The molecule has 13 heteroatoms. The van der Waals surface area contributed by atoms with E-state index in [1.54, 1.807) is 39.0 Å². The fourth-order valence-electron chi connectivity index (χ4n) is 3.31. The Morgan fingerprint density at radius 3 is 2.53 bits per heavy atom. The molecule has 0 bridgehead atoms. The molecule has 2 aromatic heterocycles. The number of benzene rings is 1. The number of halogens is 4. The maximum absolute atomic E-state index is 12.8. The van der Waals surface area contributed by atoms with Gasteiger partial charge in [-0.1, -0.05) is 29.8 Å². The van der Waals surface area contributed by atoms with Crippen LogP contribution in [0.15, 0.2) is 42.6 Å². The quantitative estimate of drug-likeness (QED) is 0.283. The summed E-state index contributed by atoms with van der Waals surface area (Å²) >= 11 is 7.57. The van der Waals surface area contributed by atoms with Crippen LogP contribution >= 0.6 is 22.9 Å². The summed E-state index contributed by atoms with van der Waals surface area (Å²) in [6.45, 7) is 4.94. The molecule has 0 radical (unpaired) electrons. The van der Waals surface area contributed by atoms with E-state index in [4.69, 9.17) is 16.3 Å². The van der Waals surface area contributed by atoms with Gasteiger partial charge in [-0.3, -0.25) is 9.78 Å². The SMILES string of the molecule is Cc1sc(-c2ccccc2Cl)nc1C(=O)NCc1cc(CC(OC(C)C)C(=O)OC(=O)C(F)(F)F)ccn1. The van der Waals surface area contributed by atoms with E-state index in [9.17, 15) is 27.6 Å². The smallest absolute Gasteiger partial charge is 0.384 e. The number of ether oxygens (including phenoxy) is 2. The molecule has 0 aliphatic rings. The van der Waals surface area contributed by atoms with Gasteiger partial charge in [0.2, 0.25) is 0 Å². The zero-order valence-corrected chi connectivity index (χ0v) is 22.0. The molecule has 0 aliphatic heterocycles. The molecule has 0 spiro atoms. The number of hydrogen-bond acceptors (Lipinski definition) is 8. The summed E-state index contributed by atoms with van der Waals surface area (Å²) in [5.74, 6) is -4.51. The van der Waals surface area contributed by atoms with Crippen molar-refractivity contribution >= 4 is 40.8 Å². The number of carbonyl (C=O) groups excluding carboxylic acids is 3. The van der Waals surface area contributed by atoms with Crippen LogP contribution < -0.4 is 5.32 Å². The first-order chi connectivity index (χ1) is 17.8. The van der Waals surface area contributed by atoms with Crippen LogP contribution in [0.4, 0.5) is 13.2 Å². The molecule has 0 saturated heterocycles. The minimum absolute atomic E-state index is 0.0117. The second-order valence-electron chi connectivity index (χ2n) is 8.33. The highest BCUT2D eigenvalue weighted by molar-refractivity contribution is 7.15. The summed E-state index contributed by atoms with van der Waals surface area (Å²) in [5.41, 5.74) is 1.84. The highest BCUT2D eigenvalue weighted by atomic mass is 35.5. The van der Waals surface area contributed by atoms with Crippen molar-refractivity contribution in [2.75, 3.05) is 0 Å². The molecule has 1 unspecified atom stereocenters. The van der Waals surface area contributed by atoms with Crippen molar-refractivity contribution in [1.29, 1.82) is 0 Å². The lowest BCUT2D eigenvalue weighted by atomic mass is 10.1. The average molecular weight is 570 g/mol. The van der Waals surface area contributed by atoms with Crippen molar-refractivity contribution < 1.29 is 37.0 Å². The third-order valence-corrected chi connectivity index (χ3v) is 6.31. The van der Waals surface area contributed by atoms with Crippen LogP contribution in [-0.2, 0) is 32.0 Å². The molecule has 3 aromatic rings. The van der Waals surface area contributed by atoms with Gasteiger partial charge in [-0.2, -0.15) is 13.2 Å². The third kappa shape index (κ3) is 7.83. The van der Waals surface area contributed by atoms with Crippen molar-refractivity contribution in [3.63, 3.8) is 0 Å². The van der Waals surface area contributed by atoms with Crippen molar-refractivity contribution in [1.82, 2.24) is 15.3 Å². The first-order valence-corrected chi connectivity index (χ1v) is 12.5. The Labute approximate surface area is 225 Å². The molecule has 0 aliphatic carbocycles. The van der Waals surface area contributed by atoms with Crippen LogP contribution in [0, 0.1) is 6.92 Å². The molecule has 8 nitrogen and oxygen atoms in total. The monoisotopic (exact) mass is 569 g/mol. The van der Waals surface area contributed by atoms with Crippen LogP contribution in [-0.4, -0.2) is 46.2 Å². The van der Waals surface area contributed by atoms with E-state index in [1.165, 1.54) is 23.6 Å². The number of aryl methyl sites for hydroxylation is 1. The number of alkyl halides is 3. The van der Waals surface area contributed by atoms with Gasteiger partial charge in [0.15, 0.2) is 6.10 Å². The molecule has 38 heavy (non-hydrogen) atoms. The molecule has 1 aromatic carbocycles. The molecule has 202 valence electrons. The van der Waals surface area contributed by atoms with Gasteiger partial charge in [0.1, 0.15) is 10.7 Å². The van der Waals surface area contributed by atoms with Crippen molar-refractivity contribution in [3.05, 3.63) is 69.4 Å². The minimum atomic E-state index is -5.32. The maximum atomic E-state index is 12.8. The standard InChI is InChI=1S/C25H23ClF3N3O5S/c1-13(2)36-19(23(34)37-24(35)25(27,28)29)11-15-8-9-30-16(10-15)12-31-21(33)20-14(3)38-22(32-20)17-6-4-5-7-18(17)26/h4-10,13,19H,11-12H2,1-3H3,(H,31,33). The Bertz CT molecular complexity index is 1330. The molecule has 1 N–H and O–H groups in total. The number of rotatable bonds is 9. The van der Waals surface area contributed by atoms with Crippen molar-refractivity contribution in [3.8, 4) is 10.6 Å². The molecule has 0 saturated carbocycles. The van der Waals surface area contributed by atoms with Crippen LogP contribution in [0.1, 0.15) is 40.5 Å². The molecule has 1 amide bonds. The number of nitrogens with one attached hydrogen (secondary N) is 1. The van der Waals surface area contributed by atoms with E-state index in [0.29, 0.717) is 31.7 Å². The second-order valence-corrected chi connectivity index (χ2v) is 9.94. The summed E-state index contributed by atoms with van der Waals surface area (Å²) in [4.78, 5) is 45.4. The number of amides is 1. The normalized spacial score (nSPS) is 12.3. The molecule has 1 atom stereocenters. The van der Waals surface area contributed by atoms with Gasteiger partial charge in [0.25, 0.3) is 5.91 Å². The van der Waals surface area contributed by atoms with Crippen LogP contribution in [0.2, 0.25) is 5.02 Å². The fraction of sp³-hybridized carbons (Fsp3) is 0.320. The average Bonchev–Trinajstić information content (AvgIpc) is 3.23. The first kappa shape index (κ1) is 29.2. The summed E-state index contributed by atoms with van der Waals surface area (Å²) in [7, 11) is 0. The lowest BCUT2D eigenvalue weighted by Gasteiger charge is -2.19.